The number of hydrogen-bond acceptors (Lipinski definition) is 2. The summed E-state index contributed by atoms with van der Waals surface area (Å²) in [6, 6.07) is 0. The summed E-state index contributed by atoms with van der Waals surface area (Å²) in [4.78, 5) is 11.7. The lowest BCUT2D eigenvalue weighted by molar-refractivity contribution is -0.159. The summed E-state index contributed by atoms with van der Waals surface area (Å²) >= 11 is 2.40. The van der Waals surface area contributed by atoms with Crippen LogP contribution in [0, 0.1) is 11.8 Å². The number of carbonyl (C=O) groups excluding carboxylic acids is 1. The van der Waals surface area contributed by atoms with Crippen molar-refractivity contribution in [3.05, 3.63) is 0 Å². The molecule has 0 aliphatic heterocycles. The first kappa shape index (κ1) is 12.3. The number of ether oxygens (including phenoxy) is 1. The first-order valence-corrected chi connectivity index (χ1v) is 6.74. The van der Waals surface area contributed by atoms with Crippen molar-refractivity contribution in [1.82, 2.24) is 0 Å². The predicted molar refractivity (Wildman–Crippen MR) is 65.6 cm³/mol. The van der Waals surface area contributed by atoms with E-state index in [1.54, 1.807) is 0 Å². The van der Waals surface area contributed by atoms with Gasteiger partial charge in [0.1, 0.15) is 5.60 Å². The molecule has 1 fully saturated rings. The van der Waals surface area contributed by atoms with Gasteiger partial charge in [-0.3, -0.25) is 4.79 Å². The molecule has 0 amide bonds. The molecule has 0 bridgehead atoms. The number of esters is 1. The van der Waals surface area contributed by atoms with Crippen LogP contribution in [-0.2, 0) is 9.53 Å². The molecule has 0 aromatic heterocycles. The van der Waals surface area contributed by atoms with E-state index in [-0.39, 0.29) is 17.5 Å². The van der Waals surface area contributed by atoms with Crippen LogP contribution in [0.4, 0.5) is 0 Å². The van der Waals surface area contributed by atoms with Crippen molar-refractivity contribution in [2.24, 2.45) is 11.8 Å². The van der Waals surface area contributed by atoms with Gasteiger partial charge in [0.05, 0.1) is 5.92 Å². The number of hydrogen-bond donors (Lipinski definition) is 0. The molecule has 1 aliphatic carbocycles. The molecule has 1 rings (SSSR count). The highest BCUT2D eigenvalue weighted by Gasteiger charge is 2.32. The zero-order valence-corrected chi connectivity index (χ0v) is 11.3. The highest BCUT2D eigenvalue weighted by Crippen LogP contribution is 2.33. The van der Waals surface area contributed by atoms with Gasteiger partial charge in [-0.15, -0.1) is 0 Å². The highest BCUT2D eigenvalue weighted by atomic mass is 127. The zero-order chi connectivity index (χ0) is 10.8. The Bertz CT molecular complexity index is 208. The molecule has 0 unspecified atom stereocenters. The fraction of sp³-hybridized carbons (Fsp3) is 0.909. The third-order valence-electron chi connectivity index (χ3n) is 2.50. The van der Waals surface area contributed by atoms with Crippen LogP contribution in [0.3, 0.4) is 0 Å². The minimum absolute atomic E-state index is 0.00449. The van der Waals surface area contributed by atoms with Gasteiger partial charge in [0.25, 0.3) is 0 Å². The van der Waals surface area contributed by atoms with Gasteiger partial charge in [0, 0.05) is 4.43 Å². The molecule has 0 aromatic rings. The Balaban J connectivity index is 2.40. The Morgan fingerprint density at radius 1 is 1.43 bits per heavy atom. The maximum Gasteiger partial charge on any atom is 0.309 e. The van der Waals surface area contributed by atoms with Crippen molar-refractivity contribution in [1.29, 1.82) is 0 Å². The Kier molecular flexibility index (Phi) is 4.22. The molecule has 82 valence electrons. The van der Waals surface area contributed by atoms with Gasteiger partial charge in [-0.1, -0.05) is 22.6 Å². The Morgan fingerprint density at radius 3 is 2.50 bits per heavy atom. The third kappa shape index (κ3) is 3.75. The lowest BCUT2D eigenvalue weighted by atomic mass is 10.1. The molecule has 0 heterocycles. The summed E-state index contributed by atoms with van der Waals surface area (Å²) in [5.41, 5.74) is -0.334. The van der Waals surface area contributed by atoms with E-state index in [0.717, 1.165) is 23.2 Å². The van der Waals surface area contributed by atoms with Crippen LogP contribution >= 0.6 is 22.6 Å². The van der Waals surface area contributed by atoms with E-state index in [2.05, 4.69) is 22.6 Å². The van der Waals surface area contributed by atoms with E-state index in [1.165, 1.54) is 6.42 Å². The van der Waals surface area contributed by atoms with E-state index in [0.29, 0.717) is 0 Å². The van der Waals surface area contributed by atoms with E-state index >= 15 is 0 Å². The molecular weight excluding hydrogens is 291 g/mol. The number of alkyl halides is 1. The Hall–Kier alpha value is 0.200. The molecule has 1 aliphatic rings. The molecule has 0 N–H and O–H groups in total. The van der Waals surface area contributed by atoms with Crippen molar-refractivity contribution < 1.29 is 9.53 Å². The minimum atomic E-state index is -0.334. The molecule has 0 aromatic carbocycles. The smallest absolute Gasteiger partial charge is 0.309 e. The third-order valence-corrected chi connectivity index (χ3v) is 3.75. The second kappa shape index (κ2) is 4.81. The molecule has 14 heavy (non-hydrogen) atoms. The molecule has 0 radical (unpaired) electrons. The lowest BCUT2D eigenvalue weighted by Crippen LogP contribution is -2.27. The van der Waals surface area contributed by atoms with E-state index < -0.39 is 0 Å². The summed E-state index contributed by atoms with van der Waals surface area (Å²) in [5, 5.41) is 0. The molecule has 3 heteroatoms. The van der Waals surface area contributed by atoms with Crippen molar-refractivity contribution >= 4 is 28.6 Å². The maximum atomic E-state index is 11.7. The van der Waals surface area contributed by atoms with Crippen LogP contribution in [-0.4, -0.2) is 16.0 Å². The fourth-order valence-corrected chi connectivity index (χ4v) is 2.61. The summed E-state index contributed by atoms with van der Waals surface area (Å²) in [5.74, 6) is 0.895. The van der Waals surface area contributed by atoms with Gasteiger partial charge in [0.2, 0.25) is 0 Å². The minimum Gasteiger partial charge on any atom is -0.460 e. The van der Waals surface area contributed by atoms with Crippen LogP contribution < -0.4 is 0 Å². The van der Waals surface area contributed by atoms with E-state index in [1.807, 2.05) is 20.8 Å². The van der Waals surface area contributed by atoms with E-state index in [4.69, 9.17) is 4.74 Å². The van der Waals surface area contributed by atoms with Crippen molar-refractivity contribution in [2.75, 3.05) is 4.43 Å². The van der Waals surface area contributed by atoms with Gasteiger partial charge in [-0.2, -0.15) is 0 Å². The van der Waals surface area contributed by atoms with Crippen LogP contribution in [0.2, 0.25) is 0 Å². The zero-order valence-electron chi connectivity index (χ0n) is 9.18. The highest BCUT2D eigenvalue weighted by molar-refractivity contribution is 14.1. The van der Waals surface area contributed by atoms with Gasteiger partial charge < -0.3 is 4.74 Å². The van der Waals surface area contributed by atoms with Crippen molar-refractivity contribution in [2.45, 2.75) is 45.6 Å². The van der Waals surface area contributed by atoms with Gasteiger partial charge >= 0.3 is 5.97 Å². The number of halogens is 1. The van der Waals surface area contributed by atoms with Gasteiger partial charge in [-0.25, -0.2) is 0 Å². The summed E-state index contributed by atoms with van der Waals surface area (Å²) in [6.07, 6.45) is 3.23. The Labute approximate surface area is 99.9 Å². The van der Waals surface area contributed by atoms with Crippen molar-refractivity contribution in [3.8, 4) is 0 Å². The monoisotopic (exact) mass is 310 g/mol. The summed E-state index contributed by atoms with van der Waals surface area (Å²) < 4.78 is 6.54. The van der Waals surface area contributed by atoms with Crippen LogP contribution in [0.5, 0.6) is 0 Å². The molecule has 0 saturated heterocycles. The standard InChI is InChI=1S/C11H19IO2/c1-11(2,3)14-10(13)9-5-4-8(6-9)7-12/h8-9H,4-7H2,1-3H3/t8-,9+/m0/s1. The van der Waals surface area contributed by atoms with Crippen molar-refractivity contribution in [3.63, 3.8) is 0 Å². The summed E-state index contributed by atoms with van der Waals surface area (Å²) in [7, 11) is 0. The summed E-state index contributed by atoms with van der Waals surface area (Å²) in [6.45, 7) is 5.78. The predicted octanol–water partition coefficient (Wildman–Crippen LogP) is 3.18. The molecule has 1 saturated carbocycles. The first-order valence-electron chi connectivity index (χ1n) is 5.21. The fourth-order valence-electron chi connectivity index (χ4n) is 1.81. The topological polar surface area (TPSA) is 26.3 Å². The second-order valence-corrected chi connectivity index (χ2v) is 5.94. The average molecular weight is 310 g/mol. The number of rotatable bonds is 2. The first-order chi connectivity index (χ1) is 6.42. The largest absolute Gasteiger partial charge is 0.460 e. The van der Waals surface area contributed by atoms with Gasteiger partial charge in [-0.05, 0) is 46.0 Å². The van der Waals surface area contributed by atoms with E-state index in [9.17, 15) is 4.79 Å². The molecule has 2 nitrogen and oxygen atoms in total. The quantitative estimate of drug-likeness (QED) is 0.445. The molecule has 0 spiro atoms. The SMILES string of the molecule is CC(C)(C)OC(=O)[C@@H]1CC[C@H](CI)C1. The molecule has 2 atom stereocenters. The van der Waals surface area contributed by atoms with Gasteiger partial charge in [0.15, 0.2) is 0 Å². The average Bonchev–Trinajstić information content (AvgIpc) is 2.48. The van der Waals surface area contributed by atoms with Crippen LogP contribution in [0.15, 0.2) is 0 Å². The lowest BCUT2D eigenvalue weighted by Gasteiger charge is -2.22. The normalized spacial score (nSPS) is 27.7. The molecular formula is C11H19IO2. The number of carbonyl (C=O) groups is 1. The Morgan fingerprint density at radius 2 is 2.07 bits per heavy atom. The van der Waals surface area contributed by atoms with Crippen LogP contribution in [0.25, 0.3) is 0 Å². The maximum absolute atomic E-state index is 11.7. The second-order valence-electron chi connectivity index (χ2n) is 5.06. The van der Waals surface area contributed by atoms with Crippen LogP contribution in [0.1, 0.15) is 40.0 Å².